The van der Waals surface area contributed by atoms with Crippen molar-refractivity contribution in [2.24, 2.45) is 5.92 Å². The predicted octanol–water partition coefficient (Wildman–Crippen LogP) is 2.54. The van der Waals surface area contributed by atoms with Gasteiger partial charge in [-0.3, -0.25) is 9.59 Å². The minimum Gasteiger partial charge on any atom is -0.480 e. The van der Waals surface area contributed by atoms with Crippen LogP contribution in [-0.4, -0.2) is 28.4 Å². The summed E-state index contributed by atoms with van der Waals surface area (Å²) in [6.45, 7) is 4.20. The number of carboxylic acid groups (broad SMARTS) is 1. The van der Waals surface area contributed by atoms with E-state index in [9.17, 15) is 9.59 Å². The summed E-state index contributed by atoms with van der Waals surface area (Å²) in [7, 11) is 0. The Morgan fingerprint density at radius 1 is 1.21 bits per heavy atom. The maximum absolute atomic E-state index is 12.1. The van der Waals surface area contributed by atoms with E-state index in [4.69, 9.17) is 5.11 Å². The van der Waals surface area contributed by atoms with Crippen molar-refractivity contribution in [2.45, 2.75) is 33.2 Å². The molecule has 19 heavy (non-hydrogen) atoms. The van der Waals surface area contributed by atoms with E-state index in [2.05, 4.69) is 0 Å². The third kappa shape index (κ3) is 6.04. The van der Waals surface area contributed by atoms with Crippen molar-refractivity contribution in [3.63, 3.8) is 0 Å². The number of nitrogens with zero attached hydrogens (tertiary/aromatic N) is 1. The Balaban J connectivity index is 2.66. The number of carbonyl (C=O) groups excluding carboxylic acids is 1. The molecule has 0 saturated carbocycles. The molecule has 4 heteroatoms. The van der Waals surface area contributed by atoms with Crippen LogP contribution >= 0.6 is 0 Å². The lowest BCUT2D eigenvalue weighted by Gasteiger charge is -2.21. The van der Waals surface area contributed by atoms with Gasteiger partial charge < -0.3 is 10.0 Å². The lowest BCUT2D eigenvalue weighted by atomic mass is 10.1. The summed E-state index contributed by atoms with van der Waals surface area (Å²) in [6, 6.07) is 9.44. The molecule has 0 bridgehead atoms. The normalized spacial score (nSPS) is 10.5. The lowest BCUT2D eigenvalue weighted by molar-refractivity contribution is -0.145. The number of amides is 1. The van der Waals surface area contributed by atoms with Crippen LogP contribution in [0.2, 0.25) is 0 Å². The first-order valence-electron chi connectivity index (χ1n) is 6.52. The predicted molar refractivity (Wildman–Crippen MR) is 73.6 cm³/mol. The Morgan fingerprint density at radius 2 is 1.84 bits per heavy atom. The average Bonchev–Trinajstić information content (AvgIpc) is 2.36. The molecule has 0 heterocycles. The summed E-state index contributed by atoms with van der Waals surface area (Å²) < 4.78 is 0. The summed E-state index contributed by atoms with van der Waals surface area (Å²) in [5.74, 6) is -0.638. The molecule has 4 nitrogen and oxygen atoms in total. The van der Waals surface area contributed by atoms with E-state index >= 15 is 0 Å². The standard InChI is InChI=1S/C15H21NO3/c1-12(2)8-9-14(17)16(11-15(18)19)10-13-6-4-3-5-7-13/h3-7,12H,8-11H2,1-2H3,(H,18,19). The third-order valence-corrected chi connectivity index (χ3v) is 2.83. The van der Waals surface area contributed by atoms with E-state index in [1.54, 1.807) is 0 Å². The van der Waals surface area contributed by atoms with Gasteiger partial charge in [-0.05, 0) is 17.9 Å². The van der Waals surface area contributed by atoms with Gasteiger partial charge >= 0.3 is 5.97 Å². The summed E-state index contributed by atoms with van der Waals surface area (Å²) >= 11 is 0. The number of carboxylic acids is 1. The van der Waals surface area contributed by atoms with Gasteiger partial charge in [-0.1, -0.05) is 44.2 Å². The van der Waals surface area contributed by atoms with Crippen LogP contribution in [0, 0.1) is 5.92 Å². The van der Waals surface area contributed by atoms with Crippen molar-refractivity contribution in [3.05, 3.63) is 35.9 Å². The first kappa shape index (κ1) is 15.2. The monoisotopic (exact) mass is 263 g/mol. The number of benzene rings is 1. The fraction of sp³-hybridized carbons (Fsp3) is 0.467. The minimum atomic E-state index is -0.978. The van der Waals surface area contributed by atoms with Crippen LogP contribution in [0.25, 0.3) is 0 Å². The highest BCUT2D eigenvalue weighted by atomic mass is 16.4. The number of aliphatic carboxylic acids is 1. The lowest BCUT2D eigenvalue weighted by Crippen LogP contribution is -2.35. The van der Waals surface area contributed by atoms with Crippen LogP contribution in [0.4, 0.5) is 0 Å². The van der Waals surface area contributed by atoms with Gasteiger partial charge in [-0.25, -0.2) is 0 Å². The summed E-state index contributed by atoms with van der Waals surface area (Å²) in [4.78, 5) is 24.3. The highest BCUT2D eigenvalue weighted by Crippen LogP contribution is 2.10. The average molecular weight is 263 g/mol. The second-order valence-corrected chi connectivity index (χ2v) is 5.06. The van der Waals surface area contributed by atoms with E-state index in [1.165, 1.54) is 4.90 Å². The van der Waals surface area contributed by atoms with Gasteiger partial charge in [0.1, 0.15) is 6.54 Å². The van der Waals surface area contributed by atoms with Crippen molar-refractivity contribution < 1.29 is 14.7 Å². The van der Waals surface area contributed by atoms with Gasteiger partial charge in [-0.15, -0.1) is 0 Å². The van der Waals surface area contributed by atoms with Crippen molar-refractivity contribution in [2.75, 3.05) is 6.54 Å². The van der Waals surface area contributed by atoms with Gasteiger partial charge in [0.25, 0.3) is 0 Å². The zero-order valence-corrected chi connectivity index (χ0v) is 11.5. The van der Waals surface area contributed by atoms with Gasteiger partial charge in [0.15, 0.2) is 0 Å². The van der Waals surface area contributed by atoms with Crippen LogP contribution in [0.5, 0.6) is 0 Å². The van der Waals surface area contributed by atoms with E-state index < -0.39 is 5.97 Å². The van der Waals surface area contributed by atoms with Crippen LogP contribution in [-0.2, 0) is 16.1 Å². The second kappa shape index (κ2) is 7.56. The van der Waals surface area contributed by atoms with E-state index in [1.807, 2.05) is 44.2 Å². The van der Waals surface area contributed by atoms with Crippen LogP contribution < -0.4 is 0 Å². The second-order valence-electron chi connectivity index (χ2n) is 5.06. The zero-order valence-electron chi connectivity index (χ0n) is 11.5. The van der Waals surface area contributed by atoms with Gasteiger partial charge in [0.2, 0.25) is 5.91 Å². The van der Waals surface area contributed by atoms with Crippen molar-refractivity contribution in [3.8, 4) is 0 Å². The van der Waals surface area contributed by atoms with E-state index in [0.29, 0.717) is 18.9 Å². The fourth-order valence-corrected chi connectivity index (χ4v) is 1.77. The quantitative estimate of drug-likeness (QED) is 0.822. The third-order valence-electron chi connectivity index (χ3n) is 2.83. The Bertz CT molecular complexity index is 415. The molecule has 0 fully saturated rings. The molecule has 0 radical (unpaired) electrons. The molecule has 0 aliphatic heterocycles. The molecular formula is C15H21NO3. The summed E-state index contributed by atoms with van der Waals surface area (Å²) in [6.07, 6.45) is 1.18. The van der Waals surface area contributed by atoms with E-state index in [-0.39, 0.29) is 12.5 Å². The van der Waals surface area contributed by atoms with Crippen molar-refractivity contribution in [1.82, 2.24) is 4.90 Å². The molecule has 1 amide bonds. The molecule has 1 rings (SSSR count). The molecule has 0 unspecified atom stereocenters. The van der Waals surface area contributed by atoms with E-state index in [0.717, 1.165) is 12.0 Å². The highest BCUT2D eigenvalue weighted by Gasteiger charge is 2.17. The molecular weight excluding hydrogens is 242 g/mol. The first-order chi connectivity index (χ1) is 8.99. The smallest absolute Gasteiger partial charge is 0.323 e. The van der Waals surface area contributed by atoms with Crippen molar-refractivity contribution in [1.29, 1.82) is 0 Å². The van der Waals surface area contributed by atoms with Crippen LogP contribution in [0.15, 0.2) is 30.3 Å². The highest BCUT2D eigenvalue weighted by molar-refractivity contribution is 5.81. The fourth-order valence-electron chi connectivity index (χ4n) is 1.77. The Morgan fingerprint density at radius 3 is 2.37 bits per heavy atom. The number of hydrogen-bond acceptors (Lipinski definition) is 2. The van der Waals surface area contributed by atoms with Gasteiger partial charge in [-0.2, -0.15) is 0 Å². The van der Waals surface area contributed by atoms with Crippen LogP contribution in [0.1, 0.15) is 32.3 Å². The molecule has 1 N–H and O–H groups in total. The Labute approximate surface area is 114 Å². The van der Waals surface area contributed by atoms with Crippen molar-refractivity contribution >= 4 is 11.9 Å². The molecule has 0 atom stereocenters. The van der Waals surface area contributed by atoms with Gasteiger partial charge in [0, 0.05) is 13.0 Å². The topological polar surface area (TPSA) is 57.6 Å². The Hall–Kier alpha value is -1.84. The number of rotatable bonds is 7. The minimum absolute atomic E-state index is 0.0973. The molecule has 0 aliphatic carbocycles. The Kier molecular flexibility index (Phi) is 6.06. The summed E-state index contributed by atoms with van der Waals surface area (Å²) in [5, 5.41) is 8.89. The first-order valence-corrected chi connectivity index (χ1v) is 6.52. The molecule has 0 aliphatic rings. The largest absolute Gasteiger partial charge is 0.480 e. The maximum Gasteiger partial charge on any atom is 0.323 e. The SMILES string of the molecule is CC(C)CCC(=O)N(CC(=O)O)Cc1ccccc1. The molecule has 1 aromatic rings. The summed E-state index contributed by atoms with van der Waals surface area (Å²) in [5.41, 5.74) is 0.946. The maximum atomic E-state index is 12.1. The number of carbonyl (C=O) groups is 2. The van der Waals surface area contributed by atoms with Gasteiger partial charge in [0.05, 0.1) is 0 Å². The van der Waals surface area contributed by atoms with Crippen LogP contribution in [0.3, 0.4) is 0 Å². The molecule has 0 aromatic heterocycles. The molecule has 104 valence electrons. The number of hydrogen-bond donors (Lipinski definition) is 1. The molecule has 0 saturated heterocycles. The molecule has 0 spiro atoms. The zero-order chi connectivity index (χ0) is 14.3. The molecule has 1 aromatic carbocycles.